The third kappa shape index (κ3) is 1.81. The summed E-state index contributed by atoms with van der Waals surface area (Å²) in [6.07, 6.45) is 6.51. The molecule has 2 nitrogen and oxygen atoms in total. The van der Waals surface area contributed by atoms with Gasteiger partial charge in [0, 0.05) is 18.8 Å². The molecule has 4 heteroatoms. The summed E-state index contributed by atoms with van der Waals surface area (Å²) in [6.45, 7) is 1.17. The summed E-state index contributed by atoms with van der Waals surface area (Å²) in [5.74, 6) is 0.850. The van der Waals surface area contributed by atoms with Crippen LogP contribution in [0.25, 0.3) is 5.57 Å². The molecule has 2 aliphatic rings. The number of hydrogen-bond donors (Lipinski definition) is 1. The Morgan fingerprint density at radius 3 is 3.00 bits per heavy atom. The molecule has 1 aliphatic carbocycles. The number of rotatable bonds is 1. The highest BCUT2D eigenvalue weighted by Gasteiger charge is 2.33. The molecule has 3 rings (SSSR count). The first-order valence-corrected chi connectivity index (χ1v) is 6.65. The van der Waals surface area contributed by atoms with Crippen LogP contribution in [0.3, 0.4) is 0 Å². The molecule has 2 atom stereocenters. The van der Waals surface area contributed by atoms with Crippen molar-refractivity contribution in [2.45, 2.75) is 18.9 Å². The van der Waals surface area contributed by atoms with Crippen LogP contribution < -0.4 is 5.32 Å². The zero-order valence-corrected chi connectivity index (χ0v) is 11.1. The van der Waals surface area contributed by atoms with Gasteiger partial charge < -0.3 is 5.32 Å². The van der Waals surface area contributed by atoms with E-state index in [4.69, 9.17) is 11.6 Å². The van der Waals surface area contributed by atoms with Gasteiger partial charge in [0.2, 0.25) is 0 Å². The second kappa shape index (κ2) is 4.13. The van der Waals surface area contributed by atoms with Gasteiger partial charge >= 0.3 is 0 Å². The normalized spacial score (nSPS) is 28.0. The maximum atomic E-state index is 6.06. The van der Waals surface area contributed by atoms with Crippen molar-refractivity contribution >= 4 is 33.1 Å². The highest BCUT2D eigenvalue weighted by Crippen LogP contribution is 2.35. The minimum atomic E-state index is 0.669. The quantitative estimate of drug-likeness (QED) is 0.805. The van der Waals surface area contributed by atoms with Crippen molar-refractivity contribution in [3.05, 3.63) is 33.5 Å². The Bertz CT molecular complexity index is 458. The molecule has 2 unspecified atom stereocenters. The summed E-state index contributed by atoms with van der Waals surface area (Å²) in [5.41, 5.74) is 2.52. The molecule has 0 aromatic carbocycles. The van der Waals surface area contributed by atoms with Crippen molar-refractivity contribution in [1.29, 1.82) is 0 Å². The second-order valence-corrected chi connectivity index (χ2v) is 5.60. The number of allylic oxidation sites excluding steroid dienone is 1. The average Bonchev–Trinajstić information content (AvgIpc) is 2.24. The molecule has 1 saturated heterocycles. The van der Waals surface area contributed by atoms with Gasteiger partial charge in [0.1, 0.15) is 4.60 Å². The van der Waals surface area contributed by atoms with Crippen LogP contribution in [0.1, 0.15) is 18.4 Å². The van der Waals surface area contributed by atoms with E-state index in [2.05, 4.69) is 32.3 Å². The van der Waals surface area contributed by atoms with Crippen LogP contribution in [0.15, 0.2) is 22.9 Å². The van der Waals surface area contributed by atoms with Gasteiger partial charge in [-0.1, -0.05) is 17.7 Å². The number of halogens is 2. The molecule has 1 aromatic rings. The largest absolute Gasteiger partial charge is 0.313 e. The number of nitrogens with one attached hydrogen (secondary N) is 1. The molecule has 84 valence electrons. The summed E-state index contributed by atoms with van der Waals surface area (Å²) in [7, 11) is 0. The van der Waals surface area contributed by atoms with Gasteiger partial charge in [-0.15, -0.1) is 0 Å². The summed E-state index contributed by atoms with van der Waals surface area (Å²) in [6, 6.07) is 2.66. The molecule has 0 saturated carbocycles. The van der Waals surface area contributed by atoms with Gasteiger partial charge in [0.25, 0.3) is 0 Å². The van der Waals surface area contributed by atoms with Crippen LogP contribution in [-0.4, -0.2) is 17.6 Å². The van der Waals surface area contributed by atoms with E-state index >= 15 is 0 Å². The van der Waals surface area contributed by atoms with Crippen molar-refractivity contribution in [2.24, 2.45) is 5.92 Å². The maximum Gasteiger partial charge on any atom is 0.124 e. The molecular weight excluding hydrogens is 288 g/mol. The lowest BCUT2D eigenvalue weighted by atomic mass is 9.78. The van der Waals surface area contributed by atoms with Crippen LogP contribution in [0, 0.1) is 5.92 Å². The first-order valence-electron chi connectivity index (χ1n) is 5.48. The van der Waals surface area contributed by atoms with Crippen molar-refractivity contribution in [3.63, 3.8) is 0 Å². The lowest BCUT2D eigenvalue weighted by Crippen LogP contribution is -2.53. The van der Waals surface area contributed by atoms with Crippen LogP contribution in [0.5, 0.6) is 0 Å². The Balaban J connectivity index is 1.89. The fraction of sp³-hybridized carbons (Fsp3) is 0.417. The SMILES string of the molecule is Clc1cc(C2=CCC3CNC3C2)cnc1Br. The predicted molar refractivity (Wildman–Crippen MR) is 69.4 cm³/mol. The van der Waals surface area contributed by atoms with Crippen LogP contribution in [0.4, 0.5) is 0 Å². The van der Waals surface area contributed by atoms with Gasteiger partial charge in [-0.25, -0.2) is 4.98 Å². The Labute approximate surface area is 108 Å². The molecule has 0 bridgehead atoms. The van der Waals surface area contributed by atoms with E-state index in [0.29, 0.717) is 15.7 Å². The monoisotopic (exact) mass is 298 g/mol. The van der Waals surface area contributed by atoms with Gasteiger partial charge in [0.15, 0.2) is 0 Å². The number of pyridine rings is 1. The predicted octanol–water partition coefficient (Wildman–Crippen LogP) is 3.26. The van der Waals surface area contributed by atoms with Gasteiger partial charge in [0.05, 0.1) is 5.02 Å². The Morgan fingerprint density at radius 2 is 2.38 bits per heavy atom. The second-order valence-electron chi connectivity index (χ2n) is 4.44. The smallest absolute Gasteiger partial charge is 0.124 e. The van der Waals surface area contributed by atoms with E-state index in [9.17, 15) is 0 Å². The Kier molecular flexibility index (Phi) is 2.78. The summed E-state index contributed by atoms with van der Waals surface area (Å²) >= 11 is 9.37. The van der Waals surface area contributed by atoms with E-state index in [1.54, 1.807) is 0 Å². The Morgan fingerprint density at radius 1 is 1.50 bits per heavy atom. The number of aromatic nitrogens is 1. The molecule has 0 amide bonds. The summed E-state index contributed by atoms with van der Waals surface area (Å²) in [4.78, 5) is 4.24. The van der Waals surface area contributed by atoms with Gasteiger partial charge in [-0.05, 0) is 51.9 Å². The van der Waals surface area contributed by atoms with E-state index in [0.717, 1.165) is 17.9 Å². The standard InChI is InChI=1S/C12H12BrClN2/c13-12-10(14)3-9(6-16-12)7-1-2-8-5-15-11(8)4-7/h1,3,6,8,11,15H,2,4-5H2. The highest BCUT2D eigenvalue weighted by molar-refractivity contribution is 9.10. The molecule has 0 spiro atoms. The molecule has 1 fully saturated rings. The summed E-state index contributed by atoms with van der Waals surface area (Å²) in [5, 5.41) is 4.15. The first kappa shape index (κ1) is 10.8. The molecule has 2 heterocycles. The van der Waals surface area contributed by atoms with Crippen molar-refractivity contribution in [3.8, 4) is 0 Å². The lowest BCUT2D eigenvalue weighted by Gasteiger charge is -2.41. The topological polar surface area (TPSA) is 24.9 Å². The van der Waals surface area contributed by atoms with Crippen LogP contribution >= 0.6 is 27.5 Å². The van der Waals surface area contributed by atoms with Crippen molar-refractivity contribution < 1.29 is 0 Å². The zero-order chi connectivity index (χ0) is 11.1. The molecule has 1 aromatic heterocycles. The average molecular weight is 300 g/mol. The molecule has 1 N–H and O–H groups in total. The number of fused-ring (bicyclic) bond motifs is 1. The van der Waals surface area contributed by atoms with E-state index in [1.807, 2.05) is 12.3 Å². The minimum Gasteiger partial charge on any atom is -0.313 e. The fourth-order valence-corrected chi connectivity index (χ4v) is 2.77. The zero-order valence-electron chi connectivity index (χ0n) is 8.71. The van der Waals surface area contributed by atoms with E-state index < -0.39 is 0 Å². The van der Waals surface area contributed by atoms with E-state index in [1.165, 1.54) is 18.5 Å². The number of hydrogen-bond acceptors (Lipinski definition) is 2. The fourth-order valence-electron chi connectivity index (χ4n) is 2.38. The molecule has 1 aliphatic heterocycles. The number of nitrogens with zero attached hydrogens (tertiary/aromatic N) is 1. The van der Waals surface area contributed by atoms with Gasteiger partial charge in [-0.3, -0.25) is 0 Å². The minimum absolute atomic E-state index is 0.669. The third-order valence-electron chi connectivity index (χ3n) is 3.49. The maximum absolute atomic E-state index is 6.06. The van der Waals surface area contributed by atoms with Crippen molar-refractivity contribution in [2.75, 3.05) is 6.54 Å². The van der Waals surface area contributed by atoms with Crippen LogP contribution in [0.2, 0.25) is 5.02 Å². The van der Waals surface area contributed by atoms with Crippen LogP contribution in [-0.2, 0) is 0 Å². The summed E-state index contributed by atoms with van der Waals surface area (Å²) < 4.78 is 0.717. The molecule has 0 radical (unpaired) electrons. The first-order chi connectivity index (χ1) is 7.74. The van der Waals surface area contributed by atoms with E-state index in [-0.39, 0.29) is 0 Å². The van der Waals surface area contributed by atoms with Gasteiger partial charge in [-0.2, -0.15) is 0 Å². The molecular formula is C12H12BrClN2. The third-order valence-corrected chi connectivity index (χ3v) is 4.63. The highest BCUT2D eigenvalue weighted by atomic mass is 79.9. The Hall–Kier alpha value is -0.380. The lowest BCUT2D eigenvalue weighted by molar-refractivity contribution is 0.231. The van der Waals surface area contributed by atoms with Crippen molar-refractivity contribution in [1.82, 2.24) is 10.3 Å². The molecule has 16 heavy (non-hydrogen) atoms.